The van der Waals surface area contributed by atoms with E-state index in [4.69, 9.17) is 9.84 Å². The number of hydrogen-bond acceptors (Lipinski definition) is 4. The molecule has 0 radical (unpaired) electrons. The molecule has 120 valence electrons. The van der Waals surface area contributed by atoms with Crippen LogP contribution in [0.1, 0.15) is 23.2 Å². The number of amides is 1. The van der Waals surface area contributed by atoms with E-state index in [1.54, 1.807) is 0 Å². The average Bonchev–Trinajstić information content (AvgIpc) is 2.96. The van der Waals surface area contributed by atoms with E-state index in [2.05, 4.69) is 4.74 Å². The van der Waals surface area contributed by atoms with Crippen LogP contribution < -0.4 is 9.47 Å². The number of ether oxygens (including phenoxy) is 2. The average molecular weight is 315 g/mol. The molecule has 0 saturated carbocycles. The Morgan fingerprint density at radius 1 is 1.36 bits per heavy atom. The quantitative estimate of drug-likeness (QED) is 0.899. The minimum atomic E-state index is -3.01. The zero-order chi connectivity index (χ0) is 16.3. The number of halogens is 2. The summed E-state index contributed by atoms with van der Waals surface area (Å²) in [5.41, 5.74) is 0.159. The number of aliphatic carboxylic acids is 1. The molecular weight excluding hydrogens is 300 g/mol. The zero-order valence-electron chi connectivity index (χ0n) is 11.8. The molecular formula is C14H15F2NO5. The third kappa shape index (κ3) is 3.26. The monoisotopic (exact) mass is 315 g/mol. The van der Waals surface area contributed by atoms with Gasteiger partial charge in [0.05, 0.1) is 7.11 Å². The van der Waals surface area contributed by atoms with E-state index < -0.39 is 24.5 Å². The number of hydrogen-bond donors (Lipinski definition) is 1. The van der Waals surface area contributed by atoms with Crippen LogP contribution in [0.5, 0.6) is 11.5 Å². The van der Waals surface area contributed by atoms with Gasteiger partial charge in [-0.25, -0.2) is 4.79 Å². The van der Waals surface area contributed by atoms with Gasteiger partial charge in [0.1, 0.15) is 6.04 Å². The fraction of sp³-hybridized carbons (Fsp3) is 0.429. The van der Waals surface area contributed by atoms with Crippen molar-refractivity contribution in [3.05, 3.63) is 23.8 Å². The lowest BCUT2D eigenvalue weighted by Crippen LogP contribution is -2.40. The first-order chi connectivity index (χ1) is 10.4. The van der Waals surface area contributed by atoms with Crippen LogP contribution in [0.15, 0.2) is 18.2 Å². The second-order valence-corrected chi connectivity index (χ2v) is 4.74. The summed E-state index contributed by atoms with van der Waals surface area (Å²) in [6, 6.07) is 2.90. The highest BCUT2D eigenvalue weighted by atomic mass is 19.3. The molecule has 2 rings (SSSR count). The van der Waals surface area contributed by atoms with E-state index in [1.165, 1.54) is 30.2 Å². The number of rotatable bonds is 5. The van der Waals surface area contributed by atoms with Crippen LogP contribution >= 0.6 is 0 Å². The third-order valence-corrected chi connectivity index (χ3v) is 3.43. The number of carbonyl (C=O) groups excluding carboxylic acids is 1. The predicted molar refractivity (Wildman–Crippen MR) is 71.3 cm³/mol. The Kier molecular flexibility index (Phi) is 4.79. The van der Waals surface area contributed by atoms with Gasteiger partial charge in [0.25, 0.3) is 5.91 Å². The molecule has 1 fully saturated rings. The molecule has 6 nitrogen and oxygen atoms in total. The first-order valence-corrected chi connectivity index (χ1v) is 6.60. The number of carboxylic acid groups (broad SMARTS) is 1. The fourth-order valence-corrected chi connectivity index (χ4v) is 2.43. The fourth-order valence-electron chi connectivity index (χ4n) is 2.43. The summed E-state index contributed by atoms with van der Waals surface area (Å²) in [5, 5.41) is 9.10. The molecule has 8 heteroatoms. The van der Waals surface area contributed by atoms with E-state index in [-0.39, 0.29) is 17.1 Å². The second kappa shape index (κ2) is 6.59. The van der Waals surface area contributed by atoms with Gasteiger partial charge in [0, 0.05) is 12.1 Å². The van der Waals surface area contributed by atoms with Gasteiger partial charge >= 0.3 is 12.6 Å². The van der Waals surface area contributed by atoms with Crippen molar-refractivity contribution < 1.29 is 33.0 Å². The smallest absolute Gasteiger partial charge is 0.387 e. The lowest BCUT2D eigenvalue weighted by molar-refractivity contribution is -0.141. The highest BCUT2D eigenvalue weighted by Crippen LogP contribution is 2.31. The Hall–Kier alpha value is -2.38. The number of nitrogens with zero attached hydrogens (tertiary/aromatic N) is 1. The highest BCUT2D eigenvalue weighted by Gasteiger charge is 2.34. The zero-order valence-corrected chi connectivity index (χ0v) is 11.8. The Balaban J connectivity index is 2.25. The number of likely N-dealkylation sites (tertiary alicyclic amines) is 1. The van der Waals surface area contributed by atoms with Crippen molar-refractivity contribution in [2.24, 2.45) is 0 Å². The van der Waals surface area contributed by atoms with Crippen LogP contribution in [0.3, 0.4) is 0 Å². The van der Waals surface area contributed by atoms with Crippen LogP contribution in [0.25, 0.3) is 0 Å². The van der Waals surface area contributed by atoms with E-state index in [9.17, 15) is 18.4 Å². The van der Waals surface area contributed by atoms with Gasteiger partial charge in [-0.05, 0) is 31.0 Å². The summed E-state index contributed by atoms with van der Waals surface area (Å²) in [7, 11) is 1.26. The minimum absolute atomic E-state index is 0.0165. The van der Waals surface area contributed by atoms with Crippen molar-refractivity contribution in [2.45, 2.75) is 25.5 Å². The number of carbonyl (C=O) groups is 2. The minimum Gasteiger partial charge on any atom is -0.493 e. The van der Waals surface area contributed by atoms with Gasteiger partial charge in [-0.15, -0.1) is 0 Å². The summed E-state index contributed by atoms with van der Waals surface area (Å²) in [6.07, 6.45) is 0.997. The van der Waals surface area contributed by atoms with Gasteiger partial charge in [0.2, 0.25) is 0 Å². The maximum atomic E-state index is 12.4. The van der Waals surface area contributed by atoms with E-state index in [1.807, 2.05) is 0 Å². The third-order valence-electron chi connectivity index (χ3n) is 3.43. The molecule has 0 spiro atoms. The maximum Gasteiger partial charge on any atom is 0.387 e. The molecule has 0 unspecified atom stereocenters. The highest BCUT2D eigenvalue weighted by molar-refractivity contribution is 5.97. The van der Waals surface area contributed by atoms with Crippen molar-refractivity contribution >= 4 is 11.9 Å². The number of benzene rings is 1. The van der Waals surface area contributed by atoms with Crippen LogP contribution in [0.2, 0.25) is 0 Å². The molecule has 1 aliphatic heterocycles. The molecule has 1 N–H and O–H groups in total. The maximum absolute atomic E-state index is 12.4. The SMILES string of the molecule is COc1cc(C(=O)N2CCC[C@H]2C(=O)O)ccc1OC(F)F. The summed E-state index contributed by atoms with van der Waals surface area (Å²) >= 11 is 0. The first kappa shape index (κ1) is 16.0. The van der Waals surface area contributed by atoms with Crippen molar-refractivity contribution in [2.75, 3.05) is 13.7 Å². The summed E-state index contributed by atoms with van der Waals surface area (Å²) in [4.78, 5) is 24.8. The van der Waals surface area contributed by atoms with E-state index in [0.717, 1.165) is 0 Å². The van der Waals surface area contributed by atoms with Gasteiger partial charge in [-0.3, -0.25) is 4.79 Å². The summed E-state index contributed by atoms with van der Waals surface area (Å²) in [5.74, 6) is -1.75. The van der Waals surface area contributed by atoms with Crippen LogP contribution in [0.4, 0.5) is 8.78 Å². The topological polar surface area (TPSA) is 76.1 Å². The molecule has 1 saturated heterocycles. The largest absolute Gasteiger partial charge is 0.493 e. The molecule has 22 heavy (non-hydrogen) atoms. The van der Waals surface area contributed by atoms with E-state index in [0.29, 0.717) is 19.4 Å². The number of carboxylic acids is 1. The molecule has 1 aromatic carbocycles. The van der Waals surface area contributed by atoms with Gasteiger partial charge in [-0.1, -0.05) is 0 Å². The lowest BCUT2D eigenvalue weighted by atomic mass is 10.1. The molecule has 0 aromatic heterocycles. The standard InChI is InChI=1S/C14H15F2NO5/c1-21-11-7-8(4-5-10(11)22-14(15)16)12(18)17-6-2-3-9(17)13(19)20/h4-5,7,9,14H,2-3,6H2,1H3,(H,19,20)/t9-/m0/s1. The predicted octanol–water partition coefficient (Wildman–Crippen LogP) is 1.99. The Bertz CT molecular complexity index is 578. The number of methoxy groups -OCH3 is 1. The molecule has 1 atom stereocenters. The molecule has 0 aliphatic carbocycles. The van der Waals surface area contributed by atoms with Gasteiger partial charge in [0.15, 0.2) is 11.5 Å². The summed E-state index contributed by atoms with van der Waals surface area (Å²) in [6.45, 7) is -2.67. The van der Waals surface area contributed by atoms with Crippen LogP contribution in [-0.2, 0) is 4.79 Å². The molecule has 1 aliphatic rings. The van der Waals surface area contributed by atoms with Crippen molar-refractivity contribution in [3.8, 4) is 11.5 Å². The molecule has 1 heterocycles. The first-order valence-electron chi connectivity index (χ1n) is 6.60. The molecule has 0 bridgehead atoms. The lowest BCUT2D eigenvalue weighted by Gasteiger charge is -2.22. The Morgan fingerprint density at radius 2 is 2.09 bits per heavy atom. The Labute approximate surface area is 125 Å². The van der Waals surface area contributed by atoms with Crippen LogP contribution in [-0.4, -0.2) is 48.2 Å². The van der Waals surface area contributed by atoms with Crippen LogP contribution in [0, 0.1) is 0 Å². The van der Waals surface area contributed by atoms with Crippen molar-refractivity contribution in [3.63, 3.8) is 0 Å². The van der Waals surface area contributed by atoms with Crippen molar-refractivity contribution in [1.82, 2.24) is 4.90 Å². The molecule has 1 amide bonds. The normalized spacial score (nSPS) is 17.6. The molecule has 1 aromatic rings. The van der Waals surface area contributed by atoms with Gasteiger partial charge in [-0.2, -0.15) is 8.78 Å². The second-order valence-electron chi connectivity index (χ2n) is 4.74. The van der Waals surface area contributed by atoms with Gasteiger partial charge < -0.3 is 19.5 Å². The van der Waals surface area contributed by atoms with E-state index >= 15 is 0 Å². The van der Waals surface area contributed by atoms with Crippen molar-refractivity contribution in [1.29, 1.82) is 0 Å². The Morgan fingerprint density at radius 3 is 2.68 bits per heavy atom. The number of alkyl halides is 2. The summed E-state index contributed by atoms with van der Waals surface area (Å²) < 4.78 is 33.7.